The molecule has 8 atom stereocenters. The highest BCUT2D eigenvalue weighted by Crippen LogP contribution is 2.33. The smallest absolute Gasteiger partial charge is 0.0693 e. The predicted octanol–water partition coefficient (Wildman–Crippen LogP) is 5.89. The molecule has 0 aromatic carbocycles. The molecule has 0 aliphatic carbocycles. The lowest BCUT2D eigenvalue weighted by atomic mass is 10.1. The lowest BCUT2D eigenvalue weighted by Gasteiger charge is -2.30. The minimum atomic E-state index is -0.670. The van der Waals surface area contributed by atoms with Crippen molar-refractivity contribution in [2.75, 3.05) is 0 Å². The Kier molecular flexibility index (Phi) is 10.6. The van der Waals surface area contributed by atoms with E-state index in [-0.39, 0.29) is 10.8 Å². The van der Waals surface area contributed by atoms with E-state index in [9.17, 15) is 0 Å². The van der Waals surface area contributed by atoms with E-state index in [2.05, 4.69) is 0 Å². The molecule has 0 amide bonds. The van der Waals surface area contributed by atoms with Crippen LogP contribution in [-0.2, 0) is 0 Å². The number of halogens is 8. The first-order valence-electron chi connectivity index (χ1n) is 5.23. The van der Waals surface area contributed by atoms with Crippen LogP contribution in [0.25, 0.3) is 0 Å². The van der Waals surface area contributed by atoms with Crippen molar-refractivity contribution >= 4 is 92.8 Å². The van der Waals surface area contributed by atoms with E-state index in [0.717, 1.165) is 0 Å². The van der Waals surface area contributed by atoms with Gasteiger partial charge in [0.25, 0.3) is 0 Å². The quantitative estimate of drug-likeness (QED) is 0.453. The molecule has 0 saturated carbocycles. The fourth-order valence-corrected chi connectivity index (χ4v) is 3.66. The van der Waals surface area contributed by atoms with E-state index in [1.54, 1.807) is 13.8 Å². The zero-order chi connectivity index (χ0) is 14.6. The summed E-state index contributed by atoms with van der Waals surface area (Å²) in [6, 6.07) is 0. The third-order valence-electron chi connectivity index (χ3n) is 2.40. The summed E-state index contributed by atoms with van der Waals surface area (Å²) in [6.07, 6.45) is 0. The second-order valence-electron chi connectivity index (χ2n) is 4.02. The Morgan fingerprint density at radius 1 is 0.389 bits per heavy atom. The number of rotatable bonds is 7. The van der Waals surface area contributed by atoms with E-state index >= 15 is 0 Å². The maximum absolute atomic E-state index is 6.17. The monoisotopic (exact) mass is 414 g/mol. The lowest BCUT2D eigenvalue weighted by molar-refractivity contribution is 0.621. The highest BCUT2D eigenvalue weighted by Gasteiger charge is 2.39. The summed E-state index contributed by atoms with van der Waals surface area (Å²) in [5, 5.41) is -4.32. The van der Waals surface area contributed by atoms with Crippen molar-refractivity contribution in [2.45, 2.75) is 56.9 Å². The molecule has 0 aromatic heterocycles. The van der Waals surface area contributed by atoms with Gasteiger partial charge in [0.15, 0.2) is 0 Å². The van der Waals surface area contributed by atoms with Crippen LogP contribution < -0.4 is 0 Å². The number of alkyl halides is 8. The first kappa shape index (κ1) is 20.3. The fourth-order valence-electron chi connectivity index (χ4n) is 1.21. The predicted molar refractivity (Wildman–Crippen MR) is 88.5 cm³/mol. The fraction of sp³-hybridized carbons (Fsp3) is 1.00. The van der Waals surface area contributed by atoms with Gasteiger partial charge in [-0.1, -0.05) is 0 Å². The van der Waals surface area contributed by atoms with Crippen LogP contribution in [0, 0.1) is 0 Å². The van der Waals surface area contributed by atoms with Gasteiger partial charge in [0.05, 0.1) is 32.3 Å². The summed E-state index contributed by atoms with van der Waals surface area (Å²) < 4.78 is 0. The molecule has 0 aromatic rings. The molecule has 0 aliphatic rings. The van der Waals surface area contributed by atoms with Crippen LogP contribution in [0.1, 0.15) is 13.8 Å². The molecule has 0 rings (SSSR count). The Balaban J connectivity index is 4.63. The van der Waals surface area contributed by atoms with Gasteiger partial charge in [0, 0.05) is 10.8 Å². The minimum Gasteiger partial charge on any atom is -0.122 e. The van der Waals surface area contributed by atoms with Gasteiger partial charge in [-0.05, 0) is 13.8 Å². The van der Waals surface area contributed by atoms with Crippen LogP contribution in [0.5, 0.6) is 0 Å². The minimum absolute atomic E-state index is 0.341. The Labute approximate surface area is 148 Å². The second-order valence-corrected chi connectivity index (χ2v) is 8.42. The molecule has 0 heterocycles. The summed E-state index contributed by atoms with van der Waals surface area (Å²) in [7, 11) is 0. The van der Waals surface area contributed by atoms with E-state index in [1.165, 1.54) is 0 Å². The molecule has 0 saturated heterocycles. The Morgan fingerprint density at radius 2 is 0.556 bits per heavy atom. The van der Waals surface area contributed by atoms with E-state index < -0.39 is 32.3 Å². The van der Waals surface area contributed by atoms with Gasteiger partial charge in [0.1, 0.15) is 0 Å². The van der Waals surface area contributed by atoms with Crippen molar-refractivity contribution in [3.05, 3.63) is 0 Å². The van der Waals surface area contributed by atoms with Crippen LogP contribution >= 0.6 is 92.8 Å². The SMILES string of the molecule is C[C@H](Cl)[C@H](Cl)[C@H](Cl)[C@H](Cl)[C@H](Cl)[C@H](Cl)[C@@H](Cl)[C@@H](C)Cl. The summed E-state index contributed by atoms with van der Waals surface area (Å²) >= 11 is 48.4. The van der Waals surface area contributed by atoms with Crippen molar-refractivity contribution in [1.29, 1.82) is 0 Å². The molecule has 0 bridgehead atoms. The average molecular weight is 418 g/mol. The summed E-state index contributed by atoms with van der Waals surface area (Å²) in [6.45, 7) is 3.45. The average Bonchev–Trinajstić information content (AvgIpc) is 2.32. The molecule has 0 radical (unpaired) electrons. The highest BCUT2D eigenvalue weighted by molar-refractivity contribution is 6.42. The molecule has 0 nitrogen and oxygen atoms in total. The lowest BCUT2D eigenvalue weighted by Crippen LogP contribution is -2.43. The summed E-state index contributed by atoms with van der Waals surface area (Å²) in [5.41, 5.74) is 0. The zero-order valence-electron chi connectivity index (χ0n) is 9.64. The third-order valence-corrected chi connectivity index (χ3v) is 7.31. The summed E-state index contributed by atoms with van der Waals surface area (Å²) in [4.78, 5) is 0. The van der Waals surface area contributed by atoms with Crippen molar-refractivity contribution in [2.24, 2.45) is 0 Å². The van der Waals surface area contributed by atoms with Gasteiger partial charge < -0.3 is 0 Å². The Bertz CT molecular complexity index is 210. The van der Waals surface area contributed by atoms with Gasteiger partial charge in [-0.15, -0.1) is 92.8 Å². The van der Waals surface area contributed by atoms with Gasteiger partial charge in [-0.2, -0.15) is 0 Å². The molecule has 18 heavy (non-hydrogen) atoms. The van der Waals surface area contributed by atoms with E-state index in [0.29, 0.717) is 0 Å². The first-order chi connectivity index (χ1) is 8.11. The van der Waals surface area contributed by atoms with E-state index in [1.807, 2.05) is 0 Å². The normalized spacial score (nSPS) is 25.7. The standard InChI is InChI=1S/C10H14Cl8/c1-3(11)5(13)7(15)9(17)10(18)8(16)6(14)4(2)12/h3-10H,1-2H3/t3-,4+,5-,6-,7-,8+,9-,10+/m0/s1. The molecular weight excluding hydrogens is 404 g/mol. The van der Waals surface area contributed by atoms with Crippen LogP contribution in [-0.4, -0.2) is 43.0 Å². The molecule has 0 unspecified atom stereocenters. The summed E-state index contributed by atoms with van der Waals surface area (Å²) in [5.74, 6) is 0. The highest BCUT2D eigenvalue weighted by atomic mass is 35.5. The van der Waals surface area contributed by atoms with Crippen molar-refractivity contribution < 1.29 is 0 Å². The van der Waals surface area contributed by atoms with E-state index in [4.69, 9.17) is 92.8 Å². The third kappa shape index (κ3) is 5.98. The largest absolute Gasteiger partial charge is 0.122 e. The molecular formula is C10H14Cl8. The Morgan fingerprint density at radius 3 is 0.722 bits per heavy atom. The van der Waals surface area contributed by atoms with Gasteiger partial charge in [-0.25, -0.2) is 0 Å². The van der Waals surface area contributed by atoms with Gasteiger partial charge in [-0.3, -0.25) is 0 Å². The van der Waals surface area contributed by atoms with Gasteiger partial charge in [0.2, 0.25) is 0 Å². The first-order valence-corrected chi connectivity index (χ1v) is 8.73. The van der Waals surface area contributed by atoms with Crippen LogP contribution in [0.4, 0.5) is 0 Å². The maximum Gasteiger partial charge on any atom is 0.0693 e. The molecule has 0 aliphatic heterocycles. The molecule has 8 heteroatoms. The second kappa shape index (κ2) is 9.36. The zero-order valence-corrected chi connectivity index (χ0v) is 15.7. The number of hydrogen-bond acceptors (Lipinski definition) is 0. The van der Waals surface area contributed by atoms with Crippen molar-refractivity contribution in [1.82, 2.24) is 0 Å². The molecule has 0 spiro atoms. The maximum atomic E-state index is 6.17. The van der Waals surface area contributed by atoms with Crippen molar-refractivity contribution in [3.8, 4) is 0 Å². The van der Waals surface area contributed by atoms with Crippen LogP contribution in [0.2, 0.25) is 0 Å². The molecule has 0 N–H and O–H groups in total. The van der Waals surface area contributed by atoms with Crippen LogP contribution in [0.15, 0.2) is 0 Å². The van der Waals surface area contributed by atoms with Gasteiger partial charge >= 0.3 is 0 Å². The topological polar surface area (TPSA) is 0 Å². The molecule has 110 valence electrons. The number of hydrogen-bond donors (Lipinski definition) is 0. The van der Waals surface area contributed by atoms with Crippen LogP contribution in [0.3, 0.4) is 0 Å². The van der Waals surface area contributed by atoms with Crippen molar-refractivity contribution in [3.63, 3.8) is 0 Å². The molecule has 0 fully saturated rings. The Hall–Kier alpha value is 2.32.